The van der Waals surface area contributed by atoms with Gasteiger partial charge in [-0.2, -0.15) is 13.2 Å². The highest BCUT2D eigenvalue weighted by Gasteiger charge is 2.41. The molecule has 1 aromatic rings. The molecule has 168 valence electrons. The summed E-state index contributed by atoms with van der Waals surface area (Å²) in [5, 5.41) is 5.75. The highest BCUT2D eigenvalue weighted by Crippen LogP contribution is 2.36. The van der Waals surface area contributed by atoms with Crippen LogP contribution in [0.5, 0.6) is 0 Å². The zero-order valence-electron chi connectivity index (χ0n) is 18.3. The third-order valence-electron chi connectivity index (χ3n) is 5.09. The van der Waals surface area contributed by atoms with Gasteiger partial charge in [0.15, 0.2) is 0 Å². The molecule has 1 fully saturated rings. The molecule has 3 amide bonds. The van der Waals surface area contributed by atoms with Gasteiger partial charge in [-0.05, 0) is 44.7 Å². The maximum Gasteiger partial charge on any atom is 0.416 e. The van der Waals surface area contributed by atoms with Crippen LogP contribution < -0.4 is 10.6 Å². The van der Waals surface area contributed by atoms with Gasteiger partial charge in [0, 0.05) is 31.1 Å². The minimum Gasteiger partial charge on any atom is -0.356 e. The summed E-state index contributed by atoms with van der Waals surface area (Å²) in [6, 6.07) is 4.73. The van der Waals surface area contributed by atoms with Crippen LogP contribution in [0, 0.1) is 11.8 Å². The highest BCUT2D eigenvalue weighted by molar-refractivity contribution is 5.83. The van der Waals surface area contributed by atoms with Crippen LogP contribution in [-0.4, -0.2) is 42.0 Å². The number of rotatable bonds is 5. The minimum absolute atomic E-state index is 0.163. The molecule has 5 nitrogen and oxygen atoms in total. The zero-order valence-corrected chi connectivity index (χ0v) is 18.3. The number of benzene rings is 1. The lowest BCUT2D eigenvalue weighted by Gasteiger charge is -2.25. The molecular formula is C22H32F3N3O2. The second-order valence-corrected chi connectivity index (χ2v) is 9.39. The molecule has 1 saturated heterocycles. The first-order chi connectivity index (χ1) is 13.8. The molecule has 0 unspecified atom stereocenters. The quantitative estimate of drug-likeness (QED) is 0.732. The van der Waals surface area contributed by atoms with Gasteiger partial charge in [-0.3, -0.25) is 4.79 Å². The van der Waals surface area contributed by atoms with Crippen molar-refractivity contribution in [1.29, 1.82) is 0 Å². The van der Waals surface area contributed by atoms with Crippen molar-refractivity contribution in [2.75, 3.05) is 19.6 Å². The van der Waals surface area contributed by atoms with Gasteiger partial charge in [0.2, 0.25) is 5.91 Å². The van der Waals surface area contributed by atoms with Gasteiger partial charge >= 0.3 is 12.2 Å². The monoisotopic (exact) mass is 427 g/mol. The van der Waals surface area contributed by atoms with Gasteiger partial charge in [-0.15, -0.1) is 0 Å². The molecule has 2 rings (SSSR count). The average molecular weight is 428 g/mol. The molecule has 2 N–H and O–H groups in total. The van der Waals surface area contributed by atoms with Gasteiger partial charge in [-0.25, -0.2) is 4.79 Å². The molecule has 8 heteroatoms. The molecule has 0 radical (unpaired) electrons. The van der Waals surface area contributed by atoms with E-state index in [0.29, 0.717) is 18.0 Å². The number of alkyl halides is 3. The third-order valence-corrected chi connectivity index (χ3v) is 5.09. The Kier molecular flexibility index (Phi) is 7.42. The summed E-state index contributed by atoms with van der Waals surface area (Å²) >= 11 is 0. The lowest BCUT2D eigenvalue weighted by Crippen LogP contribution is -2.48. The number of amides is 3. The average Bonchev–Trinajstić information content (AvgIpc) is 3.05. The molecule has 0 bridgehead atoms. The van der Waals surface area contributed by atoms with Crippen molar-refractivity contribution in [3.8, 4) is 0 Å². The number of nitrogens with one attached hydrogen (secondary N) is 2. The van der Waals surface area contributed by atoms with Crippen molar-refractivity contribution >= 4 is 11.9 Å². The van der Waals surface area contributed by atoms with Crippen LogP contribution in [0.25, 0.3) is 0 Å². The van der Waals surface area contributed by atoms with E-state index in [0.717, 1.165) is 18.6 Å². The van der Waals surface area contributed by atoms with Crippen molar-refractivity contribution in [2.24, 2.45) is 11.8 Å². The molecule has 1 heterocycles. The molecule has 0 saturated carbocycles. The van der Waals surface area contributed by atoms with E-state index >= 15 is 0 Å². The van der Waals surface area contributed by atoms with Crippen LogP contribution in [0.1, 0.15) is 58.1 Å². The Hall–Kier alpha value is -2.25. The number of carbonyl (C=O) groups excluding carboxylic acids is 2. The SMILES string of the molecule is CC(C)CCNC(=O)[C@@H]1CN(C(=O)NC(C)(C)C)C[C@H]1c1cccc(C(F)(F)F)c1. The predicted molar refractivity (Wildman–Crippen MR) is 110 cm³/mol. The maximum atomic E-state index is 13.2. The van der Waals surface area contributed by atoms with Crippen molar-refractivity contribution < 1.29 is 22.8 Å². The van der Waals surface area contributed by atoms with Gasteiger partial charge < -0.3 is 15.5 Å². The number of nitrogens with zero attached hydrogens (tertiary/aromatic N) is 1. The van der Waals surface area contributed by atoms with E-state index < -0.39 is 29.1 Å². The van der Waals surface area contributed by atoms with Crippen LogP contribution >= 0.6 is 0 Å². The molecule has 2 atom stereocenters. The molecule has 1 aliphatic rings. The van der Waals surface area contributed by atoms with E-state index in [1.165, 1.54) is 11.0 Å². The fraction of sp³-hybridized carbons (Fsp3) is 0.636. The van der Waals surface area contributed by atoms with Gasteiger partial charge in [0.1, 0.15) is 0 Å². The number of halogens is 3. The number of carbonyl (C=O) groups is 2. The van der Waals surface area contributed by atoms with Crippen molar-refractivity contribution in [3.05, 3.63) is 35.4 Å². The molecular weight excluding hydrogens is 395 g/mol. The summed E-state index contributed by atoms with van der Waals surface area (Å²) < 4.78 is 39.6. The number of hydrogen-bond acceptors (Lipinski definition) is 2. The zero-order chi connectivity index (χ0) is 22.7. The lowest BCUT2D eigenvalue weighted by atomic mass is 9.87. The van der Waals surface area contributed by atoms with Gasteiger partial charge in [0.05, 0.1) is 11.5 Å². The Labute approximate surface area is 176 Å². The predicted octanol–water partition coefficient (Wildman–Crippen LogP) is 4.39. The van der Waals surface area contributed by atoms with Crippen molar-refractivity contribution in [1.82, 2.24) is 15.5 Å². The number of hydrogen-bond donors (Lipinski definition) is 2. The Bertz CT molecular complexity index is 757. The summed E-state index contributed by atoms with van der Waals surface area (Å²) in [7, 11) is 0. The van der Waals surface area contributed by atoms with Gasteiger partial charge in [0.25, 0.3) is 0 Å². The summed E-state index contributed by atoms with van der Waals surface area (Å²) in [5.74, 6) is -0.922. The summed E-state index contributed by atoms with van der Waals surface area (Å²) in [4.78, 5) is 27.0. The Morgan fingerprint density at radius 2 is 1.83 bits per heavy atom. The first-order valence-electron chi connectivity index (χ1n) is 10.3. The van der Waals surface area contributed by atoms with Crippen molar-refractivity contribution in [3.63, 3.8) is 0 Å². The Morgan fingerprint density at radius 1 is 1.17 bits per heavy atom. The van der Waals surface area contributed by atoms with E-state index in [1.807, 2.05) is 34.6 Å². The summed E-state index contributed by atoms with van der Waals surface area (Å²) in [6.07, 6.45) is -3.66. The van der Waals surface area contributed by atoms with E-state index in [1.54, 1.807) is 6.07 Å². The van der Waals surface area contributed by atoms with Crippen LogP contribution in [0.4, 0.5) is 18.0 Å². The van der Waals surface area contributed by atoms with E-state index in [4.69, 9.17) is 0 Å². The van der Waals surface area contributed by atoms with E-state index in [-0.39, 0.29) is 25.0 Å². The second kappa shape index (κ2) is 9.27. The minimum atomic E-state index is -4.47. The standard InChI is InChI=1S/C22H32F3N3O2/c1-14(2)9-10-26-19(29)18-13-28(20(30)27-21(3,4)5)12-17(18)15-7-6-8-16(11-15)22(23,24)25/h6-8,11,14,17-18H,9-10,12-13H2,1-5H3,(H,26,29)(H,27,30)/t17-,18+/m0/s1. The normalized spacial score (nSPS) is 19.8. The van der Waals surface area contributed by atoms with Crippen LogP contribution in [-0.2, 0) is 11.0 Å². The third kappa shape index (κ3) is 6.64. The largest absolute Gasteiger partial charge is 0.416 e. The molecule has 0 aromatic heterocycles. The number of urea groups is 1. The highest BCUT2D eigenvalue weighted by atomic mass is 19.4. The maximum absolute atomic E-state index is 13.2. The molecule has 0 aliphatic carbocycles. The lowest BCUT2D eigenvalue weighted by molar-refractivity contribution is -0.137. The second-order valence-electron chi connectivity index (χ2n) is 9.39. The smallest absolute Gasteiger partial charge is 0.356 e. The van der Waals surface area contributed by atoms with Crippen LogP contribution in [0.2, 0.25) is 0 Å². The fourth-order valence-electron chi connectivity index (χ4n) is 3.53. The fourth-order valence-corrected chi connectivity index (χ4v) is 3.53. The summed E-state index contributed by atoms with van der Waals surface area (Å²) in [6.45, 7) is 10.5. The number of likely N-dealkylation sites (tertiary alicyclic amines) is 1. The molecule has 1 aromatic carbocycles. The first-order valence-corrected chi connectivity index (χ1v) is 10.3. The Balaban J connectivity index is 2.26. The van der Waals surface area contributed by atoms with Crippen molar-refractivity contribution in [2.45, 2.75) is 58.7 Å². The van der Waals surface area contributed by atoms with Gasteiger partial charge in [-0.1, -0.05) is 32.0 Å². The van der Waals surface area contributed by atoms with E-state index in [2.05, 4.69) is 10.6 Å². The van der Waals surface area contributed by atoms with E-state index in [9.17, 15) is 22.8 Å². The molecule has 0 spiro atoms. The molecule has 1 aliphatic heterocycles. The summed E-state index contributed by atoms with van der Waals surface area (Å²) in [5.41, 5.74) is -0.795. The van der Waals surface area contributed by atoms with Crippen LogP contribution in [0.3, 0.4) is 0 Å². The molecule has 30 heavy (non-hydrogen) atoms. The first kappa shape index (κ1) is 24.0. The topological polar surface area (TPSA) is 61.4 Å². The van der Waals surface area contributed by atoms with Crippen LogP contribution in [0.15, 0.2) is 24.3 Å². The Morgan fingerprint density at radius 3 is 2.40 bits per heavy atom.